The molecule has 3 nitrogen and oxygen atoms in total. The predicted molar refractivity (Wildman–Crippen MR) is 71.7 cm³/mol. The maximum absolute atomic E-state index is 9.70. The van der Waals surface area contributed by atoms with Crippen molar-refractivity contribution in [2.24, 2.45) is 5.73 Å². The second-order valence-corrected chi connectivity index (χ2v) is 5.43. The molecule has 0 aliphatic rings. The zero-order chi connectivity index (χ0) is 12.9. The average molecular weight is 236 g/mol. The zero-order valence-corrected chi connectivity index (χ0v) is 11.1. The Morgan fingerprint density at radius 2 is 1.82 bits per heavy atom. The number of benzene rings is 1. The molecule has 0 saturated heterocycles. The van der Waals surface area contributed by atoms with Crippen LogP contribution in [0, 0.1) is 0 Å². The highest BCUT2D eigenvalue weighted by molar-refractivity contribution is 5.14. The van der Waals surface area contributed by atoms with Gasteiger partial charge in [0.05, 0.1) is 6.10 Å². The number of hydrogen-bond donors (Lipinski definition) is 2. The second kappa shape index (κ2) is 6.15. The van der Waals surface area contributed by atoms with Gasteiger partial charge in [-0.2, -0.15) is 0 Å². The normalized spacial score (nSPS) is 14.0. The Bertz CT molecular complexity index is 319. The summed E-state index contributed by atoms with van der Waals surface area (Å²) in [6, 6.07) is 10.3. The van der Waals surface area contributed by atoms with Gasteiger partial charge in [0.25, 0.3) is 0 Å². The molecule has 0 bridgehead atoms. The summed E-state index contributed by atoms with van der Waals surface area (Å²) in [5.41, 5.74) is 6.76. The summed E-state index contributed by atoms with van der Waals surface area (Å²) in [5, 5.41) is 9.70. The standard InChI is InChI=1S/C14H24N2O/c1-14(2,3)16(11-13(17)9-15)10-12-7-5-4-6-8-12/h4-8,13,17H,9-11,15H2,1-3H3/t13-/m0/s1. The SMILES string of the molecule is CC(C)(C)N(Cc1ccccc1)C[C@@H](O)CN. The highest BCUT2D eigenvalue weighted by Crippen LogP contribution is 2.17. The van der Waals surface area contributed by atoms with Crippen molar-refractivity contribution in [2.45, 2.75) is 39.0 Å². The number of aliphatic hydroxyl groups is 1. The van der Waals surface area contributed by atoms with Gasteiger partial charge < -0.3 is 10.8 Å². The minimum Gasteiger partial charge on any atom is -0.390 e. The van der Waals surface area contributed by atoms with Gasteiger partial charge in [0.15, 0.2) is 0 Å². The van der Waals surface area contributed by atoms with E-state index in [1.165, 1.54) is 5.56 Å². The van der Waals surface area contributed by atoms with Gasteiger partial charge >= 0.3 is 0 Å². The van der Waals surface area contributed by atoms with Crippen molar-refractivity contribution >= 4 is 0 Å². The predicted octanol–water partition coefficient (Wildman–Crippen LogP) is 1.61. The monoisotopic (exact) mass is 236 g/mol. The van der Waals surface area contributed by atoms with Crippen LogP contribution in [0.5, 0.6) is 0 Å². The lowest BCUT2D eigenvalue weighted by atomic mass is 10.0. The molecule has 3 N–H and O–H groups in total. The first-order valence-corrected chi connectivity index (χ1v) is 6.10. The number of hydrogen-bond acceptors (Lipinski definition) is 3. The molecule has 1 aromatic carbocycles. The van der Waals surface area contributed by atoms with Crippen molar-refractivity contribution in [3.63, 3.8) is 0 Å². The molecule has 0 unspecified atom stereocenters. The van der Waals surface area contributed by atoms with Crippen LogP contribution in [0.2, 0.25) is 0 Å². The van der Waals surface area contributed by atoms with Crippen LogP contribution in [0.25, 0.3) is 0 Å². The smallest absolute Gasteiger partial charge is 0.0789 e. The van der Waals surface area contributed by atoms with Gasteiger partial charge in [-0.25, -0.2) is 0 Å². The Labute approximate surface area is 104 Å². The quantitative estimate of drug-likeness (QED) is 0.816. The molecular weight excluding hydrogens is 212 g/mol. The van der Waals surface area contributed by atoms with Crippen LogP contribution < -0.4 is 5.73 Å². The minimum absolute atomic E-state index is 0.0198. The molecule has 0 saturated carbocycles. The molecule has 96 valence electrons. The van der Waals surface area contributed by atoms with Crippen molar-refractivity contribution in [1.29, 1.82) is 0 Å². The molecule has 0 radical (unpaired) electrons. The van der Waals surface area contributed by atoms with Gasteiger partial charge in [-0.05, 0) is 26.3 Å². The van der Waals surface area contributed by atoms with Gasteiger partial charge in [-0.15, -0.1) is 0 Å². The van der Waals surface area contributed by atoms with Crippen LogP contribution in [0.4, 0.5) is 0 Å². The third kappa shape index (κ3) is 4.86. The van der Waals surface area contributed by atoms with Gasteiger partial charge in [0.1, 0.15) is 0 Å². The number of rotatable bonds is 5. The van der Waals surface area contributed by atoms with E-state index in [0.29, 0.717) is 13.1 Å². The summed E-state index contributed by atoms with van der Waals surface area (Å²) in [7, 11) is 0. The van der Waals surface area contributed by atoms with Crippen LogP contribution in [0.1, 0.15) is 26.3 Å². The maximum Gasteiger partial charge on any atom is 0.0789 e. The first kappa shape index (κ1) is 14.2. The third-order valence-electron chi connectivity index (χ3n) is 2.87. The molecule has 0 heterocycles. The topological polar surface area (TPSA) is 49.5 Å². The lowest BCUT2D eigenvalue weighted by Crippen LogP contribution is -2.46. The van der Waals surface area contributed by atoms with Gasteiger partial charge in [0.2, 0.25) is 0 Å². The lowest BCUT2D eigenvalue weighted by Gasteiger charge is -2.37. The summed E-state index contributed by atoms with van der Waals surface area (Å²) in [6.45, 7) is 8.20. The largest absolute Gasteiger partial charge is 0.390 e. The number of nitrogens with two attached hydrogens (primary N) is 1. The van der Waals surface area contributed by atoms with E-state index in [1.54, 1.807) is 0 Å². The number of β-amino-alcohol motifs (C(OH)–C–C–N with tert-alkyl or cyclic N) is 1. The minimum atomic E-state index is -0.460. The van der Waals surface area contributed by atoms with E-state index in [2.05, 4.69) is 37.8 Å². The van der Waals surface area contributed by atoms with E-state index < -0.39 is 6.10 Å². The molecule has 0 spiro atoms. The molecular formula is C14H24N2O. The van der Waals surface area contributed by atoms with Crippen LogP contribution in [-0.2, 0) is 6.54 Å². The fraction of sp³-hybridized carbons (Fsp3) is 0.571. The van der Waals surface area contributed by atoms with Gasteiger partial charge in [-0.3, -0.25) is 4.90 Å². The molecule has 17 heavy (non-hydrogen) atoms. The summed E-state index contributed by atoms with van der Waals surface area (Å²) in [5.74, 6) is 0. The average Bonchev–Trinajstić information content (AvgIpc) is 2.28. The Hall–Kier alpha value is -0.900. The Morgan fingerprint density at radius 1 is 1.24 bits per heavy atom. The fourth-order valence-corrected chi connectivity index (χ4v) is 1.71. The highest BCUT2D eigenvalue weighted by Gasteiger charge is 2.23. The van der Waals surface area contributed by atoms with E-state index in [4.69, 9.17) is 5.73 Å². The first-order chi connectivity index (χ1) is 7.93. The summed E-state index contributed by atoms with van der Waals surface area (Å²) >= 11 is 0. The van der Waals surface area contributed by atoms with E-state index >= 15 is 0 Å². The second-order valence-electron chi connectivity index (χ2n) is 5.43. The maximum atomic E-state index is 9.70. The molecule has 0 aromatic heterocycles. The third-order valence-corrected chi connectivity index (χ3v) is 2.87. The van der Waals surface area contributed by atoms with Crippen molar-refractivity contribution in [1.82, 2.24) is 4.90 Å². The van der Waals surface area contributed by atoms with E-state index in [0.717, 1.165) is 6.54 Å². The van der Waals surface area contributed by atoms with E-state index in [-0.39, 0.29) is 5.54 Å². The fourth-order valence-electron chi connectivity index (χ4n) is 1.71. The van der Waals surface area contributed by atoms with Crippen LogP contribution in [-0.4, -0.2) is 34.7 Å². The molecule has 0 aliphatic heterocycles. The highest BCUT2D eigenvalue weighted by atomic mass is 16.3. The molecule has 0 aliphatic carbocycles. The zero-order valence-electron chi connectivity index (χ0n) is 11.1. The Kier molecular flexibility index (Phi) is 5.12. The summed E-state index contributed by atoms with van der Waals surface area (Å²) < 4.78 is 0. The van der Waals surface area contributed by atoms with E-state index in [1.807, 2.05) is 18.2 Å². The molecule has 3 heteroatoms. The van der Waals surface area contributed by atoms with Crippen LogP contribution in [0.3, 0.4) is 0 Å². The van der Waals surface area contributed by atoms with Crippen LogP contribution in [0.15, 0.2) is 30.3 Å². The lowest BCUT2D eigenvalue weighted by molar-refractivity contribution is 0.0567. The van der Waals surface area contributed by atoms with Crippen molar-refractivity contribution in [2.75, 3.05) is 13.1 Å². The van der Waals surface area contributed by atoms with Crippen molar-refractivity contribution in [3.05, 3.63) is 35.9 Å². The molecule has 0 fully saturated rings. The molecule has 0 amide bonds. The first-order valence-electron chi connectivity index (χ1n) is 6.10. The molecule has 1 aromatic rings. The molecule has 1 atom stereocenters. The number of nitrogens with zero attached hydrogens (tertiary/aromatic N) is 1. The van der Waals surface area contributed by atoms with Crippen LogP contribution >= 0.6 is 0 Å². The van der Waals surface area contributed by atoms with Gasteiger partial charge in [-0.1, -0.05) is 30.3 Å². The molecule has 1 rings (SSSR count). The summed E-state index contributed by atoms with van der Waals surface area (Å²) in [6.07, 6.45) is -0.460. The number of aliphatic hydroxyl groups excluding tert-OH is 1. The Morgan fingerprint density at radius 3 is 2.29 bits per heavy atom. The summed E-state index contributed by atoms with van der Waals surface area (Å²) in [4.78, 5) is 2.25. The van der Waals surface area contributed by atoms with E-state index in [9.17, 15) is 5.11 Å². The van der Waals surface area contributed by atoms with Crippen molar-refractivity contribution < 1.29 is 5.11 Å². The van der Waals surface area contributed by atoms with Gasteiger partial charge in [0, 0.05) is 25.2 Å². The van der Waals surface area contributed by atoms with Crippen molar-refractivity contribution in [3.8, 4) is 0 Å². The Balaban J connectivity index is 2.71.